The molecule has 26 heavy (non-hydrogen) atoms. The zero-order valence-electron chi connectivity index (χ0n) is 14.5. The second-order valence-electron chi connectivity index (χ2n) is 5.33. The summed E-state index contributed by atoms with van der Waals surface area (Å²) < 4.78 is 35.8. The van der Waals surface area contributed by atoms with Crippen molar-refractivity contribution in [3.05, 3.63) is 47.5 Å². The van der Waals surface area contributed by atoms with Gasteiger partial charge in [0.15, 0.2) is 0 Å². The Morgan fingerprint density at radius 2 is 1.77 bits per heavy atom. The number of rotatable bonds is 7. The molecule has 0 aliphatic heterocycles. The molecule has 0 spiro atoms. The van der Waals surface area contributed by atoms with Gasteiger partial charge in [0.25, 0.3) is 0 Å². The number of methoxy groups -OCH3 is 2. The summed E-state index contributed by atoms with van der Waals surface area (Å²) in [5.41, 5.74) is 0.615. The Hall–Kier alpha value is -2.45. The molecule has 0 aromatic heterocycles. The van der Waals surface area contributed by atoms with E-state index in [1.165, 1.54) is 20.3 Å². The van der Waals surface area contributed by atoms with Gasteiger partial charge in [-0.1, -0.05) is 23.7 Å². The highest BCUT2D eigenvalue weighted by molar-refractivity contribution is 7.92. The Kier molecular flexibility index (Phi) is 6.33. The lowest BCUT2D eigenvalue weighted by atomic mass is 10.2. The summed E-state index contributed by atoms with van der Waals surface area (Å²) >= 11 is 5.94. The number of nitrogens with one attached hydrogen (secondary N) is 1. The van der Waals surface area contributed by atoms with Crippen molar-refractivity contribution in [2.24, 2.45) is 0 Å². The summed E-state index contributed by atoms with van der Waals surface area (Å²) in [5.74, 6) is 0.193. The largest absolute Gasteiger partial charge is 0.495 e. The van der Waals surface area contributed by atoms with Crippen molar-refractivity contribution in [3.63, 3.8) is 0 Å². The number of anilines is 2. The minimum atomic E-state index is -3.73. The minimum Gasteiger partial charge on any atom is -0.495 e. The molecule has 0 saturated heterocycles. The van der Waals surface area contributed by atoms with Crippen LogP contribution >= 0.6 is 11.6 Å². The van der Waals surface area contributed by atoms with Gasteiger partial charge in [-0.25, -0.2) is 8.42 Å². The van der Waals surface area contributed by atoms with Crippen LogP contribution in [0.3, 0.4) is 0 Å². The Bertz CT molecular complexity index is 902. The van der Waals surface area contributed by atoms with E-state index in [1.54, 1.807) is 36.4 Å². The van der Waals surface area contributed by atoms with E-state index < -0.39 is 22.5 Å². The molecule has 2 rings (SSSR count). The number of carbonyl (C=O) groups is 1. The van der Waals surface area contributed by atoms with Crippen molar-refractivity contribution < 1.29 is 22.7 Å². The summed E-state index contributed by atoms with van der Waals surface area (Å²) in [6.45, 7) is -0.436. The summed E-state index contributed by atoms with van der Waals surface area (Å²) in [6.07, 6.45) is 1.02. The molecule has 0 saturated carbocycles. The minimum absolute atomic E-state index is 0.269. The molecular weight excluding hydrogens is 380 g/mol. The van der Waals surface area contributed by atoms with E-state index in [4.69, 9.17) is 21.1 Å². The van der Waals surface area contributed by atoms with Gasteiger partial charge in [-0.2, -0.15) is 0 Å². The molecule has 2 aromatic rings. The van der Waals surface area contributed by atoms with Crippen LogP contribution in [0.25, 0.3) is 0 Å². The molecule has 7 nitrogen and oxygen atoms in total. The SMILES string of the molecule is COc1ccc(Cl)cc1NC(=O)CN(c1ccccc1OC)S(C)(=O)=O. The van der Waals surface area contributed by atoms with Crippen molar-refractivity contribution in [3.8, 4) is 11.5 Å². The summed E-state index contributed by atoms with van der Waals surface area (Å²) in [7, 11) is -0.845. The third kappa shape index (κ3) is 4.80. The van der Waals surface area contributed by atoms with Crippen LogP contribution in [0, 0.1) is 0 Å². The van der Waals surface area contributed by atoms with E-state index in [1.807, 2.05) is 0 Å². The highest BCUT2D eigenvalue weighted by Crippen LogP contribution is 2.30. The number of nitrogens with zero attached hydrogens (tertiary/aromatic N) is 1. The van der Waals surface area contributed by atoms with E-state index in [0.29, 0.717) is 22.2 Å². The first-order valence-corrected chi connectivity index (χ1v) is 9.73. The van der Waals surface area contributed by atoms with Crippen LogP contribution in [0.2, 0.25) is 5.02 Å². The van der Waals surface area contributed by atoms with Crippen LogP contribution in [0.5, 0.6) is 11.5 Å². The Morgan fingerprint density at radius 1 is 1.12 bits per heavy atom. The maximum absolute atomic E-state index is 12.5. The van der Waals surface area contributed by atoms with Crippen LogP contribution in [0.4, 0.5) is 11.4 Å². The van der Waals surface area contributed by atoms with Crippen molar-refractivity contribution in [2.75, 3.05) is 36.6 Å². The van der Waals surface area contributed by atoms with Crippen LogP contribution < -0.4 is 19.1 Å². The fourth-order valence-corrected chi connectivity index (χ4v) is 3.35. The van der Waals surface area contributed by atoms with E-state index in [2.05, 4.69) is 5.32 Å². The number of benzene rings is 2. The third-order valence-corrected chi connectivity index (χ3v) is 4.84. The van der Waals surface area contributed by atoms with Crippen LogP contribution in [0.1, 0.15) is 0 Å². The lowest BCUT2D eigenvalue weighted by Crippen LogP contribution is -2.37. The highest BCUT2D eigenvalue weighted by Gasteiger charge is 2.24. The number of ether oxygens (including phenoxy) is 2. The number of amides is 1. The molecule has 0 atom stereocenters. The smallest absolute Gasteiger partial charge is 0.245 e. The van der Waals surface area contributed by atoms with Gasteiger partial charge >= 0.3 is 0 Å². The van der Waals surface area contributed by atoms with Gasteiger partial charge in [0.2, 0.25) is 15.9 Å². The molecule has 140 valence electrons. The molecular formula is C17H19ClN2O5S. The fraction of sp³-hybridized carbons (Fsp3) is 0.235. The standard InChI is InChI=1S/C17H19ClN2O5S/c1-24-15-9-8-12(18)10-13(15)19-17(21)11-20(26(3,22)23)14-6-4-5-7-16(14)25-2/h4-10H,11H2,1-3H3,(H,19,21). The zero-order chi connectivity index (χ0) is 19.3. The van der Waals surface area contributed by atoms with E-state index >= 15 is 0 Å². The van der Waals surface area contributed by atoms with Crippen molar-refractivity contribution >= 4 is 38.9 Å². The number of carbonyl (C=O) groups excluding carboxylic acids is 1. The molecule has 1 amide bonds. The number of hydrogen-bond donors (Lipinski definition) is 1. The van der Waals surface area contributed by atoms with Crippen LogP contribution in [0.15, 0.2) is 42.5 Å². The number of sulfonamides is 1. The lowest BCUT2D eigenvalue weighted by Gasteiger charge is -2.23. The predicted octanol–water partition coefficient (Wildman–Crippen LogP) is 2.76. The Balaban J connectivity index is 2.30. The Morgan fingerprint density at radius 3 is 2.38 bits per heavy atom. The van der Waals surface area contributed by atoms with Gasteiger partial charge in [-0.3, -0.25) is 9.10 Å². The van der Waals surface area contributed by atoms with Gasteiger partial charge in [0.05, 0.1) is 31.9 Å². The maximum atomic E-state index is 12.5. The maximum Gasteiger partial charge on any atom is 0.245 e. The van der Waals surface area contributed by atoms with E-state index in [-0.39, 0.29) is 5.69 Å². The van der Waals surface area contributed by atoms with Crippen molar-refractivity contribution in [1.82, 2.24) is 0 Å². The normalized spacial score (nSPS) is 10.9. The second kappa shape index (κ2) is 8.29. The molecule has 0 heterocycles. The quantitative estimate of drug-likeness (QED) is 0.775. The van der Waals surface area contributed by atoms with Crippen molar-refractivity contribution in [2.45, 2.75) is 0 Å². The number of para-hydroxylation sites is 2. The predicted molar refractivity (Wildman–Crippen MR) is 102 cm³/mol. The molecule has 0 aliphatic rings. The molecule has 0 radical (unpaired) electrons. The van der Waals surface area contributed by atoms with Crippen LogP contribution in [-0.4, -0.2) is 41.3 Å². The Labute approximate surface area is 157 Å². The summed E-state index contributed by atoms with van der Waals surface area (Å²) in [4.78, 5) is 12.5. The monoisotopic (exact) mass is 398 g/mol. The number of hydrogen-bond acceptors (Lipinski definition) is 5. The lowest BCUT2D eigenvalue weighted by molar-refractivity contribution is -0.114. The van der Waals surface area contributed by atoms with Gasteiger partial charge in [0, 0.05) is 5.02 Å². The summed E-state index contributed by atoms with van der Waals surface area (Å²) in [6, 6.07) is 11.3. The fourth-order valence-electron chi connectivity index (χ4n) is 2.31. The average molecular weight is 399 g/mol. The highest BCUT2D eigenvalue weighted by atomic mass is 35.5. The van der Waals surface area contributed by atoms with Gasteiger partial charge in [-0.15, -0.1) is 0 Å². The van der Waals surface area contributed by atoms with Gasteiger partial charge in [-0.05, 0) is 30.3 Å². The number of halogens is 1. The van der Waals surface area contributed by atoms with E-state index in [9.17, 15) is 13.2 Å². The second-order valence-corrected chi connectivity index (χ2v) is 7.68. The van der Waals surface area contributed by atoms with E-state index in [0.717, 1.165) is 10.6 Å². The van der Waals surface area contributed by atoms with Gasteiger partial charge in [0.1, 0.15) is 18.0 Å². The molecule has 2 aromatic carbocycles. The molecule has 0 unspecified atom stereocenters. The molecule has 0 bridgehead atoms. The topological polar surface area (TPSA) is 84.9 Å². The summed E-state index contributed by atoms with van der Waals surface area (Å²) in [5, 5.41) is 3.02. The van der Waals surface area contributed by atoms with Gasteiger partial charge < -0.3 is 14.8 Å². The third-order valence-electron chi connectivity index (χ3n) is 3.48. The van der Waals surface area contributed by atoms with Crippen molar-refractivity contribution in [1.29, 1.82) is 0 Å². The first kappa shape index (κ1) is 19.9. The molecule has 0 aliphatic carbocycles. The molecule has 9 heteroatoms. The molecule has 0 fully saturated rings. The first-order valence-electron chi connectivity index (χ1n) is 7.50. The zero-order valence-corrected chi connectivity index (χ0v) is 16.1. The first-order chi connectivity index (χ1) is 12.3. The molecule has 1 N–H and O–H groups in total. The average Bonchev–Trinajstić information content (AvgIpc) is 2.59. The van der Waals surface area contributed by atoms with Crippen LogP contribution in [-0.2, 0) is 14.8 Å².